The summed E-state index contributed by atoms with van der Waals surface area (Å²) in [5, 5.41) is 0. The van der Waals surface area contributed by atoms with Crippen LogP contribution in [0.1, 0.15) is 34.3 Å². The van der Waals surface area contributed by atoms with Gasteiger partial charge in [-0.1, -0.05) is 35.9 Å². The molecule has 2 aromatic rings. The van der Waals surface area contributed by atoms with E-state index < -0.39 is 0 Å². The molecule has 2 amide bonds. The molecular formula is C20H22N2O2. The van der Waals surface area contributed by atoms with Crippen LogP contribution in [0.5, 0.6) is 0 Å². The van der Waals surface area contributed by atoms with E-state index in [2.05, 4.69) is 0 Å². The lowest BCUT2D eigenvalue weighted by atomic mass is 10.1. The number of hydrogen-bond donors (Lipinski definition) is 0. The van der Waals surface area contributed by atoms with Crippen molar-refractivity contribution in [3.63, 3.8) is 0 Å². The van der Waals surface area contributed by atoms with Gasteiger partial charge in [0.15, 0.2) is 0 Å². The second kappa shape index (κ2) is 6.87. The molecule has 0 bridgehead atoms. The fourth-order valence-electron chi connectivity index (χ4n) is 2.97. The molecule has 0 spiro atoms. The molecule has 0 atom stereocenters. The van der Waals surface area contributed by atoms with Gasteiger partial charge in [0.2, 0.25) is 5.91 Å². The highest BCUT2D eigenvalue weighted by Gasteiger charge is 2.26. The number of rotatable bonds is 4. The summed E-state index contributed by atoms with van der Waals surface area (Å²) in [7, 11) is 0. The molecule has 4 nitrogen and oxygen atoms in total. The van der Waals surface area contributed by atoms with E-state index in [9.17, 15) is 9.59 Å². The maximum absolute atomic E-state index is 13.1. The summed E-state index contributed by atoms with van der Waals surface area (Å²) in [6, 6.07) is 15.4. The Morgan fingerprint density at radius 1 is 1.08 bits per heavy atom. The highest BCUT2D eigenvalue weighted by Crippen LogP contribution is 2.22. The lowest BCUT2D eigenvalue weighted by Gasteiger charge is -2.28. The topological polar surface area (TPSA) is 40.6 Å². The fourth-order valence-corrected chi connectivity index (χ4v) is 2.97. The first-order valence-electron chi connectivity index (χ1n) is 8.28. The smallest absolute Gasteiger partial charge is 0.260 e. The number of carbonyl (C=O) groups excluding carboxylic acids is 2. The molecule has 1 fully saturated rings. The van der Waals surface area contributed by atoms with Crippen LogP contribution in [-0.4, -0.2) is 29.9 Å². The fraction of sp³-hybridized carbons (Fsp3) is 0.300. The third kappa shape index (κ3) is 3.32. The number of anilines is 1. The predicted molar refractivity (Wildman–Crippen MR) is 95.0 cm³/mol. The molecule has 0 aromatic heterocycles. The molecule has 0 aliphatic carbocycles. The normalized spacial score (nSPS) is 14.1. The second-order valence-electron chi connectivity index (χ2n) is 6.29. The number of aryl methyl sites for hydroxylation is 2. The van der Waals surface area contributed by atoms with Gasteiger partial charge < -0.3 is 4.90 Å². The number of nitrogens with zero attached hydrogens (tertiary/aromatic N) is 2. The quantitative estimate of drug-likeness (QED) is 0.864. The number of hydrogen-bond acceptors (Lipinski definition) is 2. The van der Waals surface area contributed by atoms with Crippen LogP contribution in [0.15, 0.2) is 48.5 Å². The van der Waals surface area contributed by atoms with Crippen LogP contribution in [0.2, 0.25) is 0 Å². The van der Waals surface area contributed by atoms with Crippen LogP contribution in [0.4, 0.5) is 5.69 Å². The Balaban J connectivity index is 1.94. The molecular weight excluding hydrogens is 300 g/mol. The van der Waals surface area contributed by atoms with E-state index in [1.807, 2.05) is 62.4 Å². The van der Waals surface area contributed by atoms with Crippen LogP contribution in [0, 0.1) is 13.8 Å². The van der Waals surface area contributed by atoms with Gasteiger partial charge in [-0.05, 0) is 44.0 Å². The molecule has 1 saturated heterocycles. The Morgan fingerprint density at radius 3 is 2.42 bits per heavy atom. The van der Waals surface area contributed by atoms with Crippen molar-refractivity contribution in [2.45, 2.75) is 26.7 Å². The molecule has 0 radical (unpaired) electrons. The molecule has 0 N–H and O–H groups in total. The predicted octanol–water partition coefficient (Wildman–Crippen LogP) is 3.53. The van der Waals surface area contributed by atoms with Crippen LogP contribution >= 0.6 is 0 Å². The van der Waals surface area contributed by atoms with Crippen molar-refractivity contribution in [1.29, 1.82) is 0 Å². The number of carbonyl (C=O) groups is 2. The Hall–Kier alpha value is -2.62. The molecule has 1 heterocycles. The highest BCUT2D eigenvalue weighted by atomic mass is 16.2. The number of benzene rings is 2. The van der Waals surface area contributed by atoms with Crippen molar-refractivity contribution in [2.24, 2.45) is 0 Å². The molecule has 1 aliphatic heterocycles. The Morgan fingerprint density at radius 2 is 1.79 bits per heavy atom. The minimum absolute atomic E-state index is 0.0725. The van der Waals surface area contributed by atoms with Crippen LogP contribution < -0.4 is 4.90 Å². The van der Waals surface area contributed by atoms with Crippen LogP contribution in [0.3, 0.4) is 0 Å². The minimum atomic E-state index is -0.0725. The SMILES string of the molecule is Cc1ccc(N(CN2CCCC2=O)C(=O)c2ccccc2C)cc1. The maximum atomic E-state index is 13.1. The van der Waals surface area contributed by atoms with Gasteiger partial charge in [0, 0.05) is 24.2 Å². The van der Waals surface area contributed by atoms with Gasteiger partial charge in [-0.3, -0.25) is 14.5 Å². The molecule has 24 heavy (non-hydrogen) atoms. The van der Waals surface area contributed by atoms with Crippen molar-refractivity contribution in [3.05, 3.63) is 65.2 Å². The Labute approximate surface area is 142 Å². The van der Waals surface area contributed by atoms with Gasteiger partial charge in [-0.2, -0.15) is 0 Å². The van der Waals surface area contributed by atoms with Gasteiger partial charge in [0.25, 0.3) is 5.91 Å². The van der Waals surface area contributed by atoms with E-state index in [1.54, 1.807) is 9.80 Å². The molecule has 0 saturated carbocycles. The van der Waals surface area contributed by atoms with Crippen LogP contribution in [0.25, 0.3) is 0 Å². The van der Waals surface area contributed by atoms with E-state index in [4.69, 9.17) is 0 Å². The Kier molecular flexibility index (Phi) is 4.65. The van der Waals surface area contributed by atoms with Crippen molar-refractivity contribution < 1.29 is 9.59 Å². The van der Waals surface area contributed by atoms with Crippen molar-refractivity contribution in [3.8, 4) is 0 Å². The summed E-state index contributed by atoms with van der Waals surface area (Å²) in [6.45, 7) is 4.96. The van der Waals surface area contributed by atoms with Gasteiger partial charge in [0.1, 0.15) is 6.67 Å². The van der Waals surface area contributed by atoms with Gasteiger partial charge >= 0.3 is 0 Å². The summed E-state index contributed by atoms with van der Waals surface area (Å²) < 4.78 is 0. The number of likely N-dealkylation sites (tertiary alicyclic amines) is 1. The molecule has 124 valence electrons. The maximum Gasteiger partial charge on any atom is 0.260 e. The number of amides is 2. The zero-order valence-corrected chi connectivity index (χ0v) is 14.2. The first-order chi connectivity index (χ1) is 11.6. The minimum Gasteiger partial charge on any atom is -0.324 e. The monoisotopic (exact) mass is 322 g/mol. The largest absolute Gasteiger partial charge is 0.324 e. The van der Waals surface area contributed by atoms with Gasteiger partial charge in [-0.15, -0.1) is 0 Å². The zero-order valence-electron chi connectivity index (χ0n) is 14.2. The molecule has 1 aliphatic rings. The summed E-state index contributed by atoms with van der Waals surface area (Å²) in [6.07, 6.45) is 1.43. The standard InChI is InChI=1S/C20H22N2O2/c1-15-9-11-17(12-10-15)22(14-21-13-5-8-19(21)23)20(24)18-7-4-3-6-16(18)2/h3-4,6-7,9-12H,5,8,13-14H2,1-2H3. The highest BCUT2D eigenvalue weighted by molar-refractivity contribution is 6.07. The average Bonchev–Trinajstić information content (AvgIpc) is 2.98. The molecule has 4 heteroatoms. The molecule has 3 rings (SSSR count). The summed E-state index contributed by atoms with van der Waals surface area (Å²) >= 11 is 0. The lowest BCUT2D eigenvalue weighted by Crippen LogP contribution is -2.42. The zero-order chi connectivity index (χ0) is 17.1. The first kappa shape index (κ1) is 16.2. The summed E-state index contributed by atoms with van der Waals surface area (Å²) in [5.74, 6) is 0.0429. The van der Waals surface area contributed by atoms with E-state index in [0.717, 1.165) is 23.2 Å². The van der Waals surface area contributed by atoms with E-state index in [0.29, 0.717) is 25.2 Å². The summed E-state index contributed by atoms with van der Waals surface area (Å²) in [5.41, 5.74) is 3.56. The van der Waals surface area contributed by atoms with Gasteiger partial charge in [0.05, 0.1) is 0 Å². The van der Waals surface area contributed by atoms with Crippen molar-refractivity contribution in [1.82, 2.24) is 4.90 Å². The molecule has 2 aromatic carbocycles. The first-order valence-corrected chi connectivity index (χ1v) is 8.28. The third-order valence-electron chi connectivity index (χ3n) is 4.45. The van der Waals surface area contributed by atoms with Crippen molar-refractivity contribution in [2.75, 3.05) is 18.1 Å². The second-order valence-corrected chi connectivity index (χ2v) is 6.29. The average molecular weight is 322 g/mol. The van der Waals surface area contributed by atoms with Gasteiger partial charge in [-0.25, -0.2) is 0 Å². The van der Waals surface area contributed by atoms with Crippen molar-refractivity contribution >= 4 is 17.5 Å². The summed E-state index contributed by atoms with van der Waals surface area (Å²) in [4.78, 5) is 28.6. The van der Waals surface area contributed by atoms with E-state index >= 15 is 0 Å². The van der Waals surface area contributed by atoms with E-state index in [1.165, 1.54) is 0 Å². The van der Waals surface area contributed by atoms with E-state index in [-0.39, 0.29) is 11.8 Å². The third-order valence-corrected chi connectivity index (χ3v) is 4.45. The Bertz CT molecular complexity index is 752. The lowest BCUT2D eigenvalue weighted by molar-refractivity contribution is -0.127. The van der Waals surface area contributed by atoms with Crippen LogP contribution in [-0.2, 0) is 4.79 Å². The molecule has 0 unspecified atom stereocenters.